The van der Waals surface area contributed by atoms with Gasteiger partial charge in [0.2, 0.25) is 0 Å². The van der Waals surface area contributed by atoms with Crippen LogP contribution in [0.3, 0.4) is 0 Å². The number of nitrogens with zero attached hydrogens (tertiary/aromatic N) is 1. The van der Waals surface area contributed by atoms with Crippen molar-refractivity contribution in [3.05, 3.63) is 59.4 Å². The number of hydrogen-bond acceptors (Lipinski definition) is 3. The molecule has 3 N–H and O–H groups in total. The molecular formula is C14H13N3OS. The third kappa shape index (κ3) is 2.95. The normalized spacial score (nSPS) is 9.95. The molecule has 0 radical (unpaired) electrons. The van der Waals surface area contributed by atoms with E-state index in [1.165, 1.54) is 6.20 Å². The first kappa shape index (κ1) is 13.2. The van der Waals surface area contributed by atoms with Gasteiger partial charge in [0.25, 0.3) is 5.91 Å². The minimum atomic E-state index is -0.240. The summed E-state index contributed by atoms with van der Waals surface area (Å²) in [6, 6.07) is 8.91. The van der Waals surface area contributed by atoms with E-state index in [4.69, 9.17) is 18.0 Å². The van der Waals surface area contributed by atoms with Crippen LogP contribution in [0.1, 0.15) is 21.5 Å². The van der Waals surface area contributed by atoms with Crippen LogP contribution < -0.4 is 11.1 Å². The lowest BCUT2D eigenvalue weighted by atomic mass is 10.1. The molecule has 0 aliphatic rings. The van der Waals surface area contributed by atoms with Crippen LogP contribution >= 0.6 is 12.2 Å². The standard InChI is InChI=1S/C14H13N3OS/c1-9-4-2-6-11(12(9)13(15)19)17-14(18)10-5-3-7-16-8-10/h2-8H,1H3,(H2,15,19)(H,17,18). The molecule has 19 heavy (non-hydrogen) atoms. The Morgan fingerprint density at radius 2 is 2.11 bits per heavy atom. The van der Waals surface area contributed by atoms with E-state index in [-0.39, 0.29) is 10.9 Å². The average Bonchev–Trinajstić information content (AvgIpc) is 2.39. The number of carbonyl (C=O) groups is 1. The Kier molecular flexibility index (Phi) is 3.87. The highest BCUT2D eigenvalue weighted by Gasteiger charge is 2.12. The number of hydrogen-bond donors (Lipinski definition) is 2. The first-order valence-corrected chi connectivity index (χ1v) is 6.11. The van der Waals surface area contributed by atoms with Gasteiger partial charge in [0.15, 0.2) is 0 Å². The Labute approximate surface area is 116 Å². The largest absolute Gasteiger partial charge is 0.389 e. The smallest absolute Gasteiger partial charge is 0.257 e. The van der Waals surface area contributed by atoms with Gasteiger partial charge in [0.05, 0.1) is 11.3 Å². The van der Waals surface area contributed by atoms with Crippen LogP contribution in [0.15, 0.2) is 42.7 Å². The van der Waals surface area contributed by atoms with Gasteiger partial charge in [-0.15, -0.1) is 0 Å². The van der Waals surface area contributed by atoms with Gasteiger partial charge >= 0.3 is 0 Å². The number of pyridine rings is 1. The van der Waals surface area contributed by atoms with Crippen LogP contribution in [0.25, 0.3) is 0 Å². The molecule has 0 aliphatic heterocycles. The molecule has 2 aromatic rings. The zero-order chi connectivity index (χ0) is 13.8. The Morgan fingerprint density at radius 1 is 1.32 bits per heavy atom. The summed E-state index contributed by atoms with van der Waals surface area (Å²) >= 11 is 5.02. The molecule has 1 aromatic carbocycles. The number of aromatic nitrogens is 1. The monoisotopic (exact) mass is 271 g/mol. The first-order valence-electron chi connectivity index (χ1n) is 5.70. The second-order valence-electron chi connectivity index (χ2n) is 4.06. The van der Waals surface area contributed by atoms with Crippen LogP contribution in [-0.4, -0.2) is 15.9 Å². The number of amides is 1. The van der Waals surface area contributed by atoms with Crippen molar-refractivity contribution in [3.63, 3.8) is 0 Å². The van der Waals surface area contributed by atoms with Gasteiger partial charge in [-0.3, -0.25) is 9.78 Å². The molecule has 2 rings (SSSR count). The van der Waals surface area contributed by atoms with Gasteiger partial charge in [0.1, 0.15) is 4.99 Å². The third-order valence-corrected chi connectivity index (χ3v) is 2.90. The van der Waals surface area contributed by atoms with Gasteiger partial charge in [-0.05, 0) is 30.7 Å². The fraction of sp³-hybridized carbons (Fsp3) is 0.0714. The van der Waals surface area contributed by atoms with E-state index in [2.05, 4.69) is 10.3 Å². The van der Waals surface area contributed by atoms with Gasteiger partial charge < -0.3 is 11.1 Å². The topological polar surface area (TPSA) is 68.0 Å². The van der Waals surface area contributed by atoms with Crippen molar-refractivity contribution in [2.75, 3.05) is 5.32 Å². The molecule has 0 aliphatic carbocycles. The second-order valence-corrected chi connectivity index (χ2v) is 4.50. The SMILES string of the molecule is Cc1cccc(NC(=O)c2cccnc2)c1C(N)=S. The molecule has 0 saturated heterocycles. The van der Waals surface area contributed by atoms with E-state index in [0.717, 1.165) is 5.56 Å². The maximum absolute atomic E-state index is 12.1. The molecule has 0 unspecified atom stereocenters. The van der Waals surface area contributed by atoms with Crippen LogP contribution in [0, 0.1) is 6.92 Å². The molecule has 5 heteroatoms. The maximum Gasteiger partial charge on any atom is 0.257 e. The lowest BCUT2D eigenvalue weighted by molar-refractivity contribution is 0.102. The molecule has 4 nitrogen and oxygen atoms in total. The van der Waals surface area contributed by atoms with Crippen molar-refractivity contribution >= 4 is 28.8 Å². The molecule has 1 aromatic heterocycles. The molecule has 1 heterocycles. The summed E-state index contributed by atoms with van der Waals surface area (Å²) in [4.78, 5) is 16.2. The molecule has 1 amide bonds. The Balaban J connectivity index is 2.32. The highest BCUT2D eigenvalue weighted by molar-refractivity contribution is 7.80. The summed E-state index contributed by atoms with van der Waals surface area (Å²) in [7, 11) is 0. The highest BCUT2D eigenvalue weighted by atomic mass is 32.1. The summed E-state index contributed by atoms with van der Waals surface area (Å²) in [6.07, 6.45) is 3.12. The quantitative estimate of drug-likeness (QED) is 0.840. The van der Waals surface area contributed by atoms with E-state index in [1.54, 1.807) is 24.4 Å². The van der Waals surface area contributed by atoms with Gasteiger partial charge in [-0.25, -0.2) is 0 Å². The third-order valence-electron chi connectivity index (χ3n) is 2.69. The number of nitrogens with two attached hydrogens (primary N) is 1. The Hall–Kier alpha value is -2.27. The van der Waals surface area contributed by atoms with E-state index in [1.807, 2.05) is 19.1 Å². The number of nitrogens with one attached hydrogen (secondary N) is 1. The van der Waals surface area contributed by atoms with Crippen molar-refractivity contribution in [3.8, 4) is 0 Å². The predicted octanol–water partition coefficient (Wildman–Crippen LogP) is 2.28. The fourth-order valence-electron chi connectivity index (χ4n) is 1.79. The number of thiocarbonyl (C=S) groups is 1. The van der Waals surface area contributed by atoms with E-state index < -0.39 is 0 Å². The van der Waals surface area contributed by atoms with Crippen molar-refractivity contribution < 1.29 is 4.79 Å². The Bertz CT molecular complexity index is 626. The lowest BCUT2D eigenvalue weighted by Gasteiger charge is -2.12. The van der Waals surface area contributed by atoms with Crippen molar-refractivity contribution in [2.24, 2.45) is 5.73 Å². The molecule has 0 saturated carbocycles. The summed E-state index contributed by atoms with van der Waals surface area (Å²) in [6.45, 7) is 1.90. The fourth-order valence-corrected chi connectivity index (χ4v) is 2.06. The average molecular weight is 271 g/mol. The van der Waals surface area contributed by atoms with Gasteiger partial charge in [-0.2, -0.15) is 0 Å². The summed E-state index contributed by atoms with van der Waals surface area (Å²) in [5.41, 5.74) is 8.41. The predicted molar refractivity (Wildman–Crippen MR) is 79.3 cm³/mol. The first-order chi connectivity index (χ1) is 9.09. The van der Waals surface area contributed by atoms with Crippen molar-refractivity contribution in [1.82, 2.24) is 4.98 Å². The molecular weight excluding hydrogens is 258 g/mol. The number of aryl methyl sites for hydroxylation is 1. The van der Waals surface area contributed by atoms with Crippen LogP contribution in [0.5, 0.6) is 0 Å². The summed E-state index contributed by atoms with van der Waals surface area (Å²) in [5.74, 6) is -0.240. The minimum Gasteiger partial charge on any atom is -0.389 e. The zero-order valence-corrected chi connectivity index (χ0v) is 11.2. The number of rotatable bonds is 3. The van der Waals surface area contributed by atoms with E-state index in [0.29, 0.717) is 16.8 Å². The number of benzene rings is 1. The lowest BCUT2D eigenvalue weighted by Crippen LogP contribution is -2.18. The number of anilines is 1. The Morgan fingerprint density at radius 3 is 2.74 bits per heavy atom. The highest BCUT2D eigenvalue weighted by Crippen LogP contribution is 2.20. The van der Waals surface area contributed by atoms with Crippen LogP contribution in [0.2, 0.25) is 0 Å². The van der Waals surface area contributed by atoms with E-state index in [9.17, 15) is 4.79 Å². The van der Waals surface area contributed by atoms with Gasteiger partial charge in [-0.1, -0.05) is 24.4 Å². The molecule has 96 valence electrons. The van der Waals surface area contributed by atoms with Crippen molar-refractivity contribution in [1.29, 1.82) is 0 Å². The van der Waals surface area contributed by atoms with Crippen molar-refractivity contribution in [2.45, 2.75) is 6.92 Å². The zero-order valence-electron chi connectivity index (χ0n) is 10.4. The van der Waals surface area contributed by atoms with E-state index >= 15 is 0 Å². The minimum absolute atomic E-state index is 0.240. The maximum atomic E-state index is 12.1. The molecule has 0 fully saturated rings. The number of carbonyl (C=O) groups excluding carboxylic acids is 1. The second kappa shape index (κ2) is 5.58. The van der Waals surface area contributed by atoms with Crippen LogP contribution in [0.4, 0.5) is 5.69 Å². The van der Waals surface area contributed by atoms with Crippen LogP contribution in [-0.2, 0) is 0 Å². The molecule has 0 atom stereocenters. The summed E-state index contributed by atoms with van der Waals surface area (Å²) in [5, 5.41) is 2.80. The molecule has 0 bridgehead atoms. The molecule has 0 spiro atoms. The summed E-state index contributed by atoms with van der Waals surface area (Å²) < 4.78 is 0. The van der Waals surface area contributed by atoms with Gasteiger partial charge in [0, 0.05) is 18.0 Å².